The van der Waals surface area contributed by atoms with Gasteiger partial charge in [0.05, 0.1) is 12.0 Å². The maximum Gasteiger partial charge on any atom is 0.457 e. The number of rotatable bonds is 3. The molecule has 0 aromatic heterocycles. The zero-order valence-corrected chi connectivity index (χ0v) is 9.24. The molecular weight excluding hydrogens is 236 g/mol. The second-order valence-electron chi connectivity index (χ2n) is 3.16. The molecule has 1 heterocycles. The first-order chi connectivity index (χ1) is 8.20. The van der Waals surface area contributed by atoms with Gasteiger partial charge in [0.1, 0.15) is 11.5 Å². The maximum atomic E-state index is 13.0. The molecule has 0 radical (unpaired) electrons. The molecule has 0 spiro atoms. The molecule has 0 amide bonds. The van der Waals surface area contributed by atoms with Crippen molar-refractivity contribution in [2.75, 3.05) is 13.6 Å². The first kappa shape index (κ1) is 9.07. The van der Waals surface area contributed by atoms with E-state index < -0.39 is 11.9 Å². The molecule has 1 aliphatic heterocycles. The number of aryl methyl sites for hydroxylation is 1. The van der Waals surface area contributed by atoms with Crippen molar-refractivity contribution in [3.63, 3.8) is 0 Å². The van der Waals surface area contributed by atoms with Crippen LogP contribution in [0.3, 0.4) is 0 Å². The van der Waals surface area contributed by atoms with Gasteiger partial charge >= 0.3 is 5.44 Å². The number of halogens is 2. The zero-order valence-electron chi connectivity index (χ0n) is 10.4. The molecular formula is C10H11F2NO2S. The summed E-state index contributed by atoms with van der Waals surface area (Å²) in [6, 6.07) is 2.74. The number of methoxy groups -OCH3 is 1. The zero-order chi connectivity index (χ0) is 13.6. The Morgan fingerprint density at radius 3 is 3.00 bits per heavy atom. The first-order valence-corrected chi connectivity index (χ1v) is 5.27. The van der Waals surface area contributed by atoms with Crippen LogP contribution < -0.4 is 15.2 Å². The highest BCUT2D eigenvalue weighted by Crippen LogP contribution is 2.51. The molecule has 0 saturated heterocycles. The summed E-state index contributed by atoms with van der Waals surface area (Å²) in [4.78, 5) is 0.262. The van der Waals surface area contributed by atoms with E-state index in [0.29, 0.717) is 11.3 Å². The van der Waals surface area contributed by atoms with Gasteiger partial charge in [-0.25, -0.2) is 0 Å². The minimum Gasteiger partial charge on any atom is -0.496 e. The van der Waals surface area contributed by atoms with E-state index in [9.17, 15) is 8.78 Å². The topological polar surface area (TPSA) is 44.5 Å². The molecule has 0 fully saturated rings. The molecule has 2 rings (SSSR count). The van der Waals surface area contributed by atoms with Crippen LogP contribution in [0.1, 0.15) is 8.30 Å². The van der Waals surface area contributed by atoms with E-state index in [-0.39, 0.29) is 28.8 Å². The fraction of sp³-hybridized carbons (Fsp3) is 0.400. The van der Waals surface area contributed by atoms with Gasteiger partial charge in [0.15, 0.2) is 0 Å². The normalized spacial score (nSPS) is 19.5. The minimum absolute atomic E-state index is 0.0186. The summed E-state index contributed by atoms with van der Waals surface area (Å²) in [5.74, 6) is 0.335. The molecule has 1 aromatic carbocycles. The van der Waals surface area contributed by atoms with Crippen molar-refractivity contribution < 1.29 is 21.0 Å². The lowest BCUT2D eigenvalue weighted by molar-refractivity contribution is -0.0822. The van der Waals surface area contributed by atoms with Crippen LogP contribution in [0, 0.1) is 0 Å². The predicted molar refractivity (Wildman–Crippen MR) is 57.2 cm³/mol. The highest BCUT2D eigenvalue weighted by Gasteiger charge is 2.41. The summed E-state index contributed by atoms with van der Waals surface area (Å²) in [5.41, 5.74) is 2.37. The van der Waals surface area contributed by atoms with Crippen LogP contribution in [0.15, 0.2) is 17.0 Å². The second-order valence-corrected chi connectivity index (χ2v) is 4.28. The number of nitrogens with two attached hydrogens (primary N) is 1. The van der Waals surface area contributed by atoms with Crippen molar-refractivity contribution in [2.45, 2.75) is 16.8 Å². The van der Waals surface area contributed by atoms with E-state index >= 15 is 0 Å². The third kappa shape index (κ3) is 2.08. The van der Waals surface area contributed by atoms with Crippen LogP contribution in [0.4, 0.5) is 8.78 Å². The quantitative estimate of drug-likeness (QED) is 0.892. The molecule has 6 heteroatoms. The van der Waals surface area contributed by atoms with Gasteiger partial charge in [-0.1, -0.05) is 0 Å². The van der Waals surface area contributed by atoms with Crippen LogP contribution in [-0.4, -0.2) is 19.0 Å². The summed E-state index contributed by atoms with van der Waals surface area (Å²) < 4.78 is 50.2. The molecule has 0 unspecified atom stereocenters. The van der Waals surface area contributed by atoms with Gasteiger partial charge in [-0.2, -0.15) is 8.78 Å². The maximum absolute atomic E-state index is 13.0. The third-order valence-corrected chi connectivity index (χ3v) is 2.96. The number of benzene rings is 1. The van der Waals surface area contributed by atoms with Gasteiger partial charge in [0, 0.05) is 2.74 Å². The lowest BCUT2D eigenvalue weighted by Crippen LogP contribution is -2.13. The van der Waals surface area contributed by atoms with Crippen LogP contribution in [0.2, 0.25) is 0 Å². The van der Waals surface area contributed by atoms with Gasteiger partial charge in [-0.15, -0.1) is 0 Å². The molecule has 3 nitrogen and oxygen atoms in total. The third-order valence-electron chi connectivity index (χ3n) is 2.10. The Balaban J connectivity index is 2.38. The average Bonchev–Trinajstić information content (AvgIpc) is 2.47. The Hall–Kier alpha value is -1.01. The SMILES string of the molecule is [2H]C([2H])(N)Cc1cc2c(cc1OC)SC(F)(F)O2. The van der Waals surface area contributed by atoms with Gasteiger partial charge in [-0.3, -0.25) is 0 Å². The standard InChI is InChI=1S/C10H11F2NO2S/c1-14-7-5-9-8(4-6(7)2-3-13)15-10(11,12)16-9/h4-5H,2-3,13H2,1H3/i3D2. The van der Waals surface area contributed by atoms with E-state index in [1.54, 1.807) is 0 Å². The minimum atomic E-state index is -3.30. The van der Waals surface area contributed by atoms with Crippen LogP contribution >= 0.6 is 11.8 Å². The van der Waals surface area contributed by atoms with Gasteiger partial charge < -0.3 is 15.2 Å². The van der Waals surface area contributed by atoms with E-state index in [4.69, 9.17) is 13.2 Å². The first-order valence-electron chi connectivity index (χ1n) is 5.46. The average molecular weight is 249 g/mol. The van der Waals surface area contributed by atoms with Gasteiger partial charge in [0.2, 0.25) is 0 Å². The molecule has 0 bridgehead atoms. The fourth-order valence-corrected chi connectivity index (χ4v) is 2.21. The highest BCUT2D eigenvalue weighted by molar-refractivity contribution is 8.00. The Kier molecular flexibility index (Phi) is 2.32. The lowest BCUT2D eigenvalue weighted by atomic mass is 10.1. The number of thioether (sulfide) groups is 1. The van der Waals surface area contributed by atoms with E-state index in [0.717, 1.165) is 0 Å². The summed E-state index contributed by atoms with van der Waals surface area (Å²) in [7, 11) is 1.38. The van der Waals surface area contributed by atoms with Gasteiger partial charge in [-0.05, 0) is 42.4 Å². The molecule has 2 N–H and O–H groups in total. The van der Waals surface area contributed by atoms with Crippen molar-refractivity contribution in [2.24, 2.45) is 5.73 Å². The van der Waals surface area contributed by atoms with Gasteiger partial charge in [0.25, 0.3) is 0 Å². The molecule has 1 aliphatic rings. The Morgan fingerprint density at radius 1 is 1.62 bits per heavy atom. The van der Waals surface area contributed by atoms with E-state index in [1.807, 2.05) is 0 Å². The molecule has 0 atom stereocenters. The highest BCUT2D eigenvalue weighted by atomic mass is 32.2. The number of fused-ring (bicyclic) bond motifs is 1. The number of alkyl halides is 2. The molecule has 1 aromatic rings. The van der Waals surface area contributed by atoms with Crippen LogP contribution in [0.5, 0.6) is 11.5 Å². The predicted octanol–water partition coefficient (Wildman–Crippen LogP) is 2.23. The van der Waals surface area contributed by atoms with E-state index in [2.05, 4.69) is 4.74 Å². The summed E-state index contributed by atoms with van der Waals surface area (Å²) in [5, 5.41) is 0. The van der Waals surface area contributed by atoms with E-state index in [1.165, 1.54) is 19.2 Å². The number of hydrogen-bond acceptors (Lipinski definition) is 4. The van der Waals surface area contributed by atoms with Crippen LogP contribution in [0.25, 0.3) is 0 Å². The molecule has 0 aliphatic carbocycles. The summed E-state index contributed by atoms with van der Waals surface area (Å²) >= 11 is 0.289. The second kappa shape index (κ2) is 4.10. The van der Waals surface area contributed by atoms with Crippen molar-refractivity contribution >= 4 is 11.8 Å². The van der Waals surface area contributed by atoms with Crippen molar-refractivity contribution in [1.82, 2.24) is 0 Å². The fourth-order valence-electron chi connectivity index (χ4n) is 1.46. The van der Waals surface area contributed by atoms with Crippen molar-refractivity contribution in [3.05, 3.63) is 17.7 Å². The van der Waals surface area contributed by atoms with Crippen LogP contribution in [-0.2, 0) is 6.42 Å². The Labute approximate surface area is 98.7 Å². The largest absolute Gasteiger partial charge is 0.496 e. The molecule has 16 heavy (non-hydrogen) atoms. The monoisotopic (exact) mass is 249 g/mol. The molecule has 0 saturated carbocycles. The number of ether oxygens (including phenoxy) is 2. The molecule has 88 valence electrons. The summed E-state index contributed by atoms with van der Waals surface area (Å²) in [6.45, 7) is -1.95. The Morgan fingerprint density at radius 2 is 2.38 bits per heavy atom. The summed E-state index contributed by atoms with van der Waals surface area (Å²) in [6.07, 6.45) is -0.150. The van der Waals surface area contributed by atoms with Crippen molar-refractivity contribution in [1.29, 1.82) is 0 Å². The van der Waals surface area contributed by atoms with Crippen molar-refractivity contribution in [3.8, 4) is 11.5 Å². The smallest absolute Gasteiger partial charge is 0.457 e. The lowest BCUT2D eigenvalue weighted by Gasteiger charge is -2.09. The Bertz CT molecular complexity index is 480. The number of hydrogen-bond donors (Lipinski definition) is 1.